The van der Waals surface area contributed by atoms with Gasteiger partial charge >= 0.3 is 0 Å². The van der Waals surface area contributed by atoms with E-state index in [1.165, 1.54) is 0 Å². The van der Waals surface area contributed by atoms with Crippen LogP contribution in [-0.2, 0) is 12.8 Å². The van der Waals surface area contributed by atoms with E-state index in [1.54, 1.807) is 0 Å². The number of benzene rings is 1. The molecule has 0 saturated carbocycles. The standard InChI is InChI=1S/C14H15NO2/c1-2-12-8-9-13(17-12)10-14(15-16)11-6-4-3-5-7-11/h3-9,16H,2,10H2,1H3. The van der Waals surface area contributed by atoms with Crippen molar-refractivity contribution in [3.05, 3.63) is 59.5 Å². The van der Waals surface area contributed by atoms with E-state index < -0.39 is 0 Å². The van der Waals surface area contributed by atoms with Gasteiger partial charge in [0.05, 0.1) is 12.1 Å². The first-order valence-electron chi connectivity index (χ1n) is 5.67. The third kappa shape index (κ3) is 2.75. The molecule has 0 amide bonds. The molecule has 3 nitrogen and oxygen atoms in total. The molecule has 1 N–H and O–H groups in total. The van der Waals surface area contributed by atoms with E-state index in [0.29, 0.717) is 12.1 Å². The molecule has 0 radical (unpaired) electrons. The molecular weight excluding hydrogens is 214 g/mol. The molecule has 0 unspecified atom stereocenters. The predicted octanol–water partition coefficient (Wildman–Crippen LogP) is 3.26. The van der Waals surface area contributed by atoms with Gasteiger partial charge in [-0.3, -0.25) is 0 Å². The van der Waals surface area contributed by atoms with Crippen LogP contribution in [0.15, 0.2) is 52.0 Å². The van der Waals surface area contributed by atoms with Crippen molar-refractivity contribution in [3.63, 3.8) is 0 Å². The second-order valence-corrected chi connectivity index (χ2v) is 3.81. The Kier molecular flexibility index (Phi) is 3.60. The number of nitrogens with zero attached hydrogens (tertiary/aromatic N) is 1. The highest BCUT2D eigenvalue weighted by molar-refractivity contribution is 6.01. The summed E-state index contributed by atoms with van der Waals surface area (Å²) in [7, 11) is 0. The molecule has 0 aliphatic heterocycles. The van der Waals surface area contributed by atoms with Gasteiger partial charge in [-0.1, -0.05) is 42.4 Å². The molecule has 0 saturated heterocycles. The summed E-state index contributed by atoms with van der Waals surface area (Å²) >= 11 is 0. The zero-order chi connectivity index (χ0) is 12.1. The lowest BCUT2D eigenvalue weighted by Gasteiger charge is -2.02. The normalized spacial score (nSPS) is 11.7. The summed E-state index contributed by atoms with van der Waals surface area (Å²) in [6.45, 7) is 2.04. The Morgan fingerprint density at radius 1 is 1.12 bits per heavy atom. The summed E-state index contributed by atoms with van der Waals surface area (Å²) in [5.41, 5.74) is 1.52. The first-order chi connectivity index (χ1) is 8.33. The lowest BCUT2D eigenvalue weighted by Crippen LogP contribution is -2.04. The van der Waals surface area contributed by atoms with Gasteiger partial charge in [0.2, 0.25) is 0 Å². The Labute approximate surface area is 100 Å². The fourth-order valence-electron chi connectivity index (χ4n) is 1.70. The summed E-state index contributed by atoms with van der Waals surface area (Å²) in [6.07, 6.45) is 1.37. The van der Waals surface area contributed by atoms with Gasteiger partial charge in [0, 0.05) is 6.42 Å². The fraction of sp³-hybridized carbons (Fsp3) is 0.214. The van der Waals surface area contributed by atoms with Crippen molar-refractivity contribution < 1.29 is 9.62 Å². The molecule has 1 heterocycles. The minimum Gasteiger partial charge on any atom is -0.466 e. The molecule has 2 rings (SSSR count). The van der Waals surface area contributed by atoms with Crippen LogP contribution in [0.3, 0.4) is 0 Å². The van der Waals surface area contributed by atoms with Crippen LogP contribution in [0.4, 0.5) is 0 Å². The van der Waals surface area contributed by atoms with Crippen molar-refractivity contribution >= 4 is 5.71 Å². The summed E-state index contributed by atoms with van der Waals surface area (Å²) in [6, 6.07) is 13.5. The molecule has 0 spiro atoms. The van der Waals surface area contributed by atoms with Crippen molar-refractivity contribution in [2.45, 2.75) is 19.8 Å². The topological polar surface area (TPSA) is 45.7 Å². The van der Waals surface area contributed by atoms with E-state index in [4.69, 9.17) is 9.62 Å². The Morgan fingerprint density at radius 3 is 2.41 bits per heavy atom. The van der Waals surface area contributed by atoms with Crippen LogP contribution in [0.1, 0.15) is 24.0 Å². The molecule has 0 bridgehead atoms. The van der Waals surface area contributed by atoms with Gasteiger partial charge in [0.1, 0.15) is 11.5 Å². The Bertz CT molecular complexity index is 500. The zero-order valence-corrected chi connectivity index (χ0v) is 9.76. The Morgan fingerprint density at radius 2 is 1.82 bits per heavy atom. The summed E-state index contributed by atoms with van der Waals surface area (Å²) in [5.74, 6) is 1.77. The van der Waals surface area contributed by atoms with Gasteiger partial charge in [-0.2, -0.15) is 0 Å². The Hall–Kier alpha value is -2.03. The highest BCUT2D eigenvalue weighted by atomic mass is 16.4. The van der Waals surface area contributed by atoms with Gasteiger partial charge in [-0.15, -0.1) is 0 Å². The summed E-state index contributed by atoms with van der Waals surface area (Å²) < 4.78 is 5.59. The number of furan rings is 1. The highest BCUT2D eigenvalue weighted by Gasteiger charge is 2.08. The maximum Gasteiger partial charge on any atom is 0.110 e. The average molecular weight is 229 g/mol. The van der Waals surface area contributed by atoms with Crippen molar-refractivity contribution in [1.29, 1.82) is 0 Å². The van der Waals surface area contributed by atoms with E-state index in [0.717, 1.165) is 23.5 Å². The van der Waals surface area contributed by atoms with Crippen molar-refractivity contribution in [2.24, 2.45) is 5.16 Å². The van der Waals surface area contributed by atoms with E-state index >= 15 is 0 Å². The van der Waals surface area contributed by atoms with Crippen LogP contribution < -0.4 is 0 Å². The van der Waals surface area contributed by atoms with Crippen LogP contribution >= 0.6 is 0 Å². The first kappa shape index (κ1) is 11.5. The monoisotopic (exact) mass is 229 g/mol. The summed E-state index contributed by atoms with van der Waals surface area (Å²) in [4.78, 5) is 0. The molecule has 1 aromatic heterocycles. The van der Waals surface area contributed by atoms with Crippen molar-refractivity contribution in [1.82, 2.24) is 0 Å². The molecule has 0 aliphatic rings. The van der Waals surface area contributed by atoms with Gasteiger partial charge in [-0.25, -0.2) is 0 Å². The van der Waals surface area contributed by atoms with Gasteiger partial charge < -0.3 is 9.62 Å². The molecule has 17 heavy (non-hydrogen) atoms. The molecule has 2 aromatic rings. The molecule has 3 heteroatoms. The highest BCUT2D eigenvalue weighted by Crippen LogP contribution is 2.12. The second-order valence-electron chi connectivity index (χ2n) is 3.81. The molecular formula is C14H15NO2. The van der Waals surface area contributed by atoms with Crippen LogP contribution in [0, 0.1) is 0 Å². The minimum absolute atomic E-state index is 0.501. The van der Waals surface area contributed by atoms with Crippen LogP contribution in [0.25, 0.3) is 0 Å². The summed E-state index contributed by atoms with van der Waals surface area (Å²) in [5, 5.41) is 12.4. The fourth-order valence-corrected chi connectivity index (χ4v) is 1.70. The predicted molar refractivity (Wildman–Crippen MR) is 66.6 cm³/mol. The SMILES string of the molecule is CCc1ccc(CC(=NO)c2ccccc2)o1. The van der Waals surface area contributed by atoms with Gasteiger partial charge in [-0.05, 0) is 17.7 Å². The average Bonchev–Trinajstić information content (AvgIpc) is 2.84. The third-order valence-corrected chi connectivity index (χ3v) is 2.64. The minimum atomic E-state index is 0.501. The Balaban J connectivity index is 2.16. The lowest BCUT2D eigenvalue weighted by molar-refractivity contribution is 0.317. The quantitative estimate of drug-likeness (QED) is 0.497. The maximum absolute atomic E-state index is 9.05. The molecule has 0 fully saturated rings. The smallest absolute Gasteiger partial charge is 0.110 e. The van der Waals surface area contributed by atoms with Gasteiger partial charge in [0.25, 0.3) is 0 Å². The largest absolute Gasteiger partial charge is 0.466 e. The van der Waals surface area contributed by atoms with Crippen LogP contribution in [0.2, 0.25) is 0 Å². The first-order valence-corrected chi connectivity index (χ1v) is 5.67. The molecule has 1 aromatic carbocycles. The number of hydrogen-bond donors (Lipinski definition) is 1. The van der Waals surface area contributed by atoms with E-state index in [9.17, 15) is 0 Å². The molecule has 0 atom stereocenters. The second kappa shape index (κ2) is 5.34. The lowest BCUT2D eigenvalue weighted by atomic mass is 10.1. The third-order valence-electron chi connectivity index (χ3n) is 2.64. The number of oxime groups is 1. The van der Waals surface area contributed by atoms with Crippen LogP contribution in [0.5, 0.6) is 0 Å². The number of aryl methyl sites for hydroxylation is 1. The van der Waals surface area contributed by atoms with Crippen molar-refractivity contribution in [2.75, 3.05) is 0 Å². The van der Waals surface area contributed by atoms with Crippen molar-refractivity contribution in [3.8, 4) is 0 Å². The van der Waals surface area contributed by atoms with Crippen LogP contribution in [-0.4, -0.2) is 10.9 Å². The van der Waals surface area contributed by atoms with E-state index in [1.807, 2.05) is 49.4 Å². The number of rotatable bonds is 4. The van der Waals surface area contributed by atoms with E-state index in [-0.39, 0.29) is 0 Å². The zero-order valence-electron chi connectivity index (χ0n) is 9.76. The maximum atomic E-state index is 9.05. The number of hydrogen-bond acceptors (Lipinski definition) is 3. The molecule has 88 valence electrons. The van der Waals surface area contributed by atoms with Gasteiger partial charge in [0.15, 0.2) is 0 Å². The van der Waals surface area contributed by atoms with E-state index in [2.05, 4.69) is 5.16 Å². The molecule has 0 aliphatic carbocycles.